The minimum atomic E-state index is 0.479. The molecule has 96 valence electrons. The Morgan fingerprint density at radius 3 is 2.89 bits per heavy atom. The molecule has 2 rings (SSSR count). The molecule has 1 aliphatic rings. The van der Waals surface area contributed by atoms with Crippen LogP contribution in [0.1, 0.15) is 19.3 Å². The Hall–Kier alpha value is -2.03. The number of ether oxygens (including phenoxy) is 1. The molecule has 0 radical (unpaired) electrons. The van der Waals surface area contributed by atoms with Gasteiger partial charge in [0.15, 0.2) is 11.6 Å². The van der Waals surface area contributed by atoms with Gasteiger partial charge in [0.1, 0.15) is 6.33 Å². The van der Waals surface area contributed by atoms with E-state index in [1.165, 1.54) is 6.33 Å². The molecule has 6 heteroatoms. The van der Waals surface area contributed by atoms with Crippen LogP contribution < -0.4 is 15.0 Å². The lowest BCUT2D eigenvalue weighted by Gasteiger charge is -2.24. The van der Waals surface area contributed by atoms with Gasteiger partial charge in [-0.05, 0) is 12.8 Å². The predicted molar refractivity (Wildman–Crippen MR) is 68.7 cm³/mol. The SMILES string of the molecule is CNc1ncnc(N(CCC#N)C2CC2)c1OC. The number of nitriles is 1. The van der Waals surface area contributed by atoms with Crippen molar-refractivity contribution in [1.82, 2.24) is 9.97 Å². The summed E-state index contributed by atoms with van der Waals surface area (Å²) in [7, 11) is 3.41. The predicted octanol–water partition coefficient (Wildman–Crippen LogP) is 1.41. The Labute approximate surface area is 107 Å². The van der Waals surface area contributed by atoms with Crippen molar-refractivity contribution in [3.63, 3.8) is 0 Å². The highest BCUT2D eigenvalue weighted by Crippen LogP contribution is 2.38. The average Bonchev–Trinajstić information content (AvgIpc) is 3.23. The fraction of sp³-hybridized carbons (Fsp3) is 0.583. The molecule has 1 heterocycles. The van der Waals surface area contributed by atoms with E-state index in [0.29, 0.717) is 30.6 Å². The zero-order valence-corrected chi connectivity index (χ0v) is 10.7. The van der Waals surface area contributed by atoms with Crippen LogP contribution in [-0.2, 0) is 0 Å². The second-order valence-corrected chi connectivity index (χ2v) is 4.16. The van der Waals surface area contributed by atoms with Gasteiger partial charge in [0.05, 0.1) is 19.6 Å². The highest BCUT2D eigenvalue weighted by molar-refractivity contribution is 5.65. The Morgan fingerprint density at radius 2 is 2.33 bits per heavy atom. The van der Waals surface area contributed by atoms with E-state index in [0.717, 1.165) is 18.7 Å². The van der Waals surface area contributed by atoms with Crippen LogP contribution in [-0.4, -0.2) is 36.7 Å². The van der Waals surface area contributed by atoms with Gasteiger partial charge in [-0.3, -0.25) is 0 Å². The van der Waals surface area contributed by atoms with Crippen molar-refractivity contribution in [2.75, 3.05) is 30.9 Å². The first-order valence-electron chi connectivity index (χ1n) is 6.02. The summed E-state index contributed by atoms with van der Waals surface area (Å²) in [6, 6.07) is 2.65. The lowest BCUT2D eigenvalue weighted by atomic mass is 10.3. The van der Waals surface area contributed by atoms with Crippen LogP contribution in [0.5, 0.6) is 5.75 Å². The summed E-state index contributed by atoms with van der Waals surface area (Å²) in [4.78, 5) is 10.6. The van der Waals surface area contributed by atoms with Crippen LogP contribution in [0.4, 0.5) is 11.6 Å². The number of nitrogens with one attached hydrogen (secondary N) is 1. The normalized spacial score (nSPS) is 13.8. The van der Waals surface area contributed by atoms with Crippen LogP contribution in [0, 0.1) is 11.3 Å². The topological polar surface area (TPSA) is 74.1 Å². The van der Waals surface area contributed by atoms with E-state index >= 15 is 0 Å². The number of hydrogen-bond donors (Lipinski definition) is 1. The number of anilines is 2. The van der Waals surface area contributed by atoms with Crippen molar-refractivity contribution in [3.05, 3.63) is 6.33 Å². The first-order valence-corrected chi connectivity index (χ1v) is 6.02. The van der Waals surface area contributed by atoms with Gasteiger partial charge in [-0.15, -0.1) is 0 Å². The lowest BCUT2D eigenvalue weighted by Crippen LogP contribution is -2.28. The summed E-state index contributed by atoms with van der Waals surface area (Å²) in [5.74, 6) is 2.09. The Kier molecular flexibility index (Phi) is 3.82. The number of aromatic nitrogens is 2. The third-order valence-electron chi connectivity index (χ3n) is 2.95. The maximum absolute atomic E-state index is 8.74. The van der Waals surface area contributed by atoms with Crippen molar-refractivity contribution >= 4 is 11.6 Å². The first-order chi connectivity index (χ1) is 8.81. The minimum absolute atomic E-state index is 0.479. The minimum Gasteiger partial charge on any atom is -0.490 e. The smallest absolute Gasteiger partial charge is 0.204 e. The molecule has 0 atom stereocenters. The third-order valence-corrected chi connectivity index (χ3v) is 2.95. The molecule has 1 aromatic rings. The Morgan fingerprint density at radius 1 is 1.56 bits per heavy atom. The molecule has 18 heavy (non-hydrogen) atoms. The van der Waals surface area contributed by atoms with Gasteiger partial charge in [0, 0.05) is 19.6 Å². The molecule has 0 aromatic carbocycles. The van der Waals surface area contributed by atoms with Gasteiger partial charge in [-0.25, -0.2) is 9.97 Å². The summed E-state index contributed by atoms with van der Waals surface area (Å²) in [5.41, 5.74) is 0. The lowest BCUT2D eigenvalue weighted by molar-refractivity contribution is 0.412. The first kappa shape index (κ1) is 12.4. The maximum atomic E-state index is 8.74. The molecule has 0 aliphatic heterocycles. The summed E-state index contributed by atoms with van der Waals surface area (Å²) < 4.78 is 5.39. The second-order valence-electron chi connectivity index (χ2n) is 4.16. The van der Waals surface area contributed by atoms with E-state index in [1.54, 1.807) is 14.2 Å². The highest BCUT2D eigenvalue weighted by atomic mass is 16.5. The molecule has 0 amide bonds. The molecule has 1 aromatic heterocycles. The monoisotopic (exact) mass is 247 g/mol. The van der Waals surface area contributed by atoms with Gasteiger partial charge >= 0.3 is 0 Å². The number of rotatable bonds is 6. The summed E-state index contributed by atoms with van der Waals surface area (Å²) in [6.07, 6.45) is 4.30. The van der Waals surface area contributed by atoms with E-state index in [1.807, 2.05) is 0 Å². The van der Waals surface area contributed by atoms with Crippen molar-refractivity contribution in [2.24, 2.45) is 0 Å². The Balaban J connectivity index is 2.31. The largest absolute Gasteiger partial charge is 0.490 e. The van der Waals surface area contributed by atoms with Crippen LogP contribution in [0.2, 0.25) is 0 Å². The van der Waals surface area contributed by atoms with E-state index in [-0.39, 0.29) is 0 Å². The standard InChI is InChI=1S/C12H17N5O/c1-14-11-10(18-2)12(16-8-15-11)17(7-3-6-13)9-4-5-9/h8-9H,3-5,7H2,1-2H3,(H,14,15,16). The molecule has 1 saturated carbocycles. The number of nitrogens with zero attached hydrogens (tertiary/aromatic N) is 4. The van der Waals surface area contributed by atoms with Crippen molar-refractivity contribution in [3.8, 4) is 11.8 Å². The van der Waals surface area contributed by atoms with Gasteiger partial charge in [0.2, 0.25) is 5.75 Å². The molecule has 0 saturated heterocycles. The van der Waals surface area contributed by atoms with E-state index < -0.39 is 0 Å². The van der Waals surface area contributed by atoms with Crippen molar-refractivity contribution in [1.29, 1.82) is 5.26 Å². The second kappa shape index (κ2) is 5.54. The fourth-order valence-electron chi connectivity index (χ4n) is 1.95. The summed E-state index contributed by atoms with van der Waals surface area (Å²) in [6.45, 7) is 0.678. The van der Waals surface area contributed by atoms with Crippen molar-refractivity contribution < 1.29 is 4.74 Å². The van der Waals surface area contributed by atoms with Crippen LogP contribution in [0.15, 0.2) is 6.33 Å². The molecule has 6 nitrogen and oxygen atoms in total. The molecule has 0 spiro atoms. The molecule has 1 N–H and O–H groups in total. The van der Waals surface area contributed by atoms with E-state index in [9.17, 15) is 0 Å². The third kappa shape index (κ3) is 2.45. The zero-order chi connectivity index (χ0) is 13.0. The van der Waals surface area contributed by atoms with Gasteiger partial charge in [-0.2, -0.15) is 5.26 Å². The molecular formula is C12H17N5O. The molecule has 1 aliphatic carbocycles. The van der Waals surface area contributed by atoms with Gasteiger partial charge in [-0.1, -0.05) is 0 Å². The van der Waals surface area contributed by atoms with E-state index in [2.05, 4.69) is 26.3 Å². The molecule has 1 fully saturated rings. The molecular weight excluding hydrogens is 230 g/mol. The number of methoxy groups -OCH3 is 1. The zero-order valence-electron chi connectivity index (χ0n) is 10.7. The quantitative estimate of drug-likeness (QED) is 0.819. The molecule has 0 bridgehead atoms. The van der Waals surface area contributed by atoms with E-state index in [4.69, 9.17) is 10.00 Å². The van der Waals surface area contributed by atoms with Crippen molar-refractivity contribution in [2.45, 2.75) is 25.3 Å². The maximum Gasteiger partial charge on any atom is 0.204 e. The summed E-state index contributed by atoms with van der Waals surface area (Å²) >= 11 is 0. The van der Waals surface area contributed by atoms with Gasteiger partial charge < -0.3 is 15.0 Å². The highest BCUT2D eigenvalue weighted by Gasteiger charge is 2.32. The molecule has 0 unspecified atom stereocenters. The Bertz CT molecular complexity index is 452. The van der Waals surface area contributed by atoms with Crippen LogP contribution in [0.3, 0.4) is 0 Å². The van der Waals surface area contributed by atoms with Gasteiger partial charge in [0.25, 0.3) is 0 Å². The number of hydrogen-bond acceptors (Lipinski definition) is 6. The average molecular weight is 247 g/mol. The summed E-state index contributed by atoms with van der Waals surface area (Å²) in [5, 5.41) is 11.7. The van der Waals surface area contributed by atoms with Crippen LogP contribution in [0.25, 0.3) is 0 Å². The fourth-order valence-corrected chi connectivity index (χ4v) is 1.95. The van der Waals surface area contributed by atoms with Crippen LogP contribution >= 0.6 is 0 Å².